The molecule has 5 heteroatoms. The molecule has 1 aliphatic carbocycles. The van der Waals surface area contributed by atoms with Crippen molar-refractivity contribution in [1.29, 1.82) is 0 Å². The zero-order valence-electron chi connectivity index (χ0n) is 11.6. The Kier molecular flexibility index (Phi) is 4.61. The first-order valence-electron chi connectivity index (χ1n) is 6.93. The Balaban J connectivity index is 1.68. The summed E-state index contributed by atoms with van der Waals surface area (Å²) in [6.07, 6.45) is 3.21. The summed E-state index contributed by atoms with van der Waals surface area (Å²) in [6, 6.07) is 5.20. The molecule has 0 spiro atoms. The summed E-state index contributed by atoms with van der Waals surface area (Å²) in [5.74, 6) is -0.0703. The monoisotopic (exact) mass is 276 g/mol. The van der Waals surface area contributed by atoms with E-state index in [4.69, 9.17) is 0 Å². The normalized spacial score (nSPS) is 13.8. The molecule has 0 unspecified atom stereocenters. The Morgan fingerprint density at radius 3 is 2.75 bits per heavy atom. The molecule has 1 fully saturated rings. The summed E-state index contributed by atoms with van der Waals surface area (Å²) in [5.41, 5.74) is 1.16. The predicted octanol–water partition coefficient (Wildman–Crippen LogP) is 1.49. The van der Waals surface area contributed by atoms with Crippen molar-refractivity contribution >= 4 is 11.8 Å². The molecule has 1 aromatic rings. The Labute approximate surface area is 118 Å². The number of hydrogen-bond donors (Lipinski definition) is 3. The van der Waals surface area contributed by atoms with Crippen molar-refractivity contribution in [3.8, 4) is 5.75 Å². The molecule has 20 heavy (non-hydrogen) atoms. The largest absolute Gasteiger partial charge is 0.508 e. The van der Waals surface area contributed by atoms with Crippen LogP contribution in [0.15, 0.2) is 18.2 Å². The van der Waals surface area contributed by atoms with E-state index < -0.39 is 0 Å². The minimum absolute atomic E-state index is 0.0507. The summed E-state index contributed by atoms with van der Waals surface area (Å²) >= 11 is 0. The van der Waals surface area contributed by atoms with E-state index in [9.17, 15) is 14.7 Å². The summed E-state index contributed by atoms with van der Waals surface area (Å²) in [6.45, 7) is 2.22. The summed E-state index contributed by atoms with van der Waals surface area (Å²) in [4.78, 5) is 23.3. The van der Waals surface area contributed by atoms with Crippen molar-refractivity contribution in [3.63, 3.8) is 0 Å². The lowest BCUT2D eigenvalue weighted by Crippen LogP contribution is -2.28. The maximum atomic E-state index is 11.8. The van der Waals surface area contributed by atoms with Gasteiger partial charge in [0.05, 0.1) is 0 Å². The van der Waals surface area contributed by atoms with Crippen LogP contribution in [0.4, 0.5) is 0 Å². The van der Waals surface area contributed by atoms with E-state index in [0.29, 0.717) is 31.0 Å². The van der Waals surface area contributed by atoms with Crippen LogP contribution in [0.2, 0.25) is 0 Å². The second-order valence-corrected chi connectivity index (χ2v) is 5.20. The molecule has 3 N–H and O–H groups in total. The molecule has 108 valence electrons. The van der Waals surface area contributed by atoms with E-state index >= 15 is 0 Å². The molecule has 0 atom stereocenters. The van der Waals surface area contributed by atoms with Crippen molar-refractivity contribution in [2.75, 3.05) is 6.54 Å². The zero-order chi connectivity index (χ0) is 14.5. The topological polar surface area (TPSA) is 78.4 Å². The number of aromatic hydroxyl groups is 1. The lowest BCUT2D eigenvalue weighted by molar-refractivity contribution is -0.121. The molecule has 1 saturated carbocycles. The van der Waals surface area contributed by atoms with Gasteiger partial charge in [-0.15, -0.1) is 0 Å². The van der Waals surface area contributed by atoms with Crippen LogP contribution in [-0.2, 0) is 4.79 Å². The highest BCUT2D eigenvalue weighted by molar-refractivity contribution is 5.94. The number of amides is 2. The number of phenolic OH excluding ortho intramolecular Hbond substituents is 1. The number of carbonyl (C=O) groups is 2. The molecule has 1 aliphatic rings. The molecule has 0 aliphatic heterocycles. The number of aryl methyl sites for hydroxylation is 1. The summed E-state index contributed by atoms with van der Waals surface area (Å²) in [7, 11) is 0. The third kappa shape index (κ3) is 4.26. The molecule has 0 radical (unpaired) electrons. The second-order valence-electron chi connectivity index (χ2n) is 5.20. The summed E-state index contributed by atoms with van der Waals surface area (Å²) < 4.78 is 0. The molecule has 2 amide bonds. The van der Waals surface area contributed by atoms with Gasteiger partial charge in [-0.1, -0.05) is 6.07 Å². The van der Waals surface area contributed by atoms with Crippen molar-refractivity contribution in [2.45, 2.75) is 38.6 Å². The van der Waals surface area contributed by atoms with Gasteiger partial charge >= 0.3 is 0 Å². The Hall–Kier alpha value is -2.04. The molecule has 2 rings (SSSR count). The van der Waals surface area contributed by atoms with Gasteiger partial charge in [-0.25, -0.2) is 0 Å². The first-order chi connectivity index (χ1) is 9.56. The van der Waals surface area contributed by atoms with Gasteiger partial charge < -0.3 is 15.7 Å². The van der Waals surface area contributed by atoms with Crippen molar-refractivity contribution in [3.05, 3.63) is 29.3 Å². The molecule has 0 aromatic heterocycles. The van der Waals surface area contributed by atoms with E-state index in [2.05, 4.69) is 10.6 Å². The Morgan fingerprint density at radius 2 is 2.10 bits per heavy atom. The molecule has 0 heterocycles. The number of benzene rings is 1. The highest BCUT2D eigenvalue weighted by atomic mass is 16.3. The molecular weight excluding hydrogens is 256 g/mol. The van der Waals surface area contributed by atoms with Crippen LogP contribution >= 0.6 is 0 Å². The molecule has 1 aromatic carbocycles. The fraction of sp³-hybridized carbons (Fsp3) is 0.467. The summed E-state index contributed by atoms with van der Waals surface area (Å²) in [5, 5.41) is 15.2. The van der Waals surface area contributed by atoms with Crippen LogP contribution in [0.1, 0.15) is 41.6 Å². The van der Waals surface area contributed by atoms with Crippen LogP contribution in [0.5, 0.6) is 5.75 Å². The molecule has 0 saturated heterocycles. The maximum absolute atomic E-state index is 11.8. The average molecular weight is 276 g/mol. The van der Waals surface area contributed by atoms with Crippen LogP contribution in [0.25, 0.3) is 0 Å². The zero-order valence-corrected chi connectivity index (χ0v) is 11.6. The maximum Gasteiger partial charge on any atom is 0.251 e. The number of carbonyl (C=O) groups excluding carboxylic acids is 2. The Bertz CT molecular complexity index is 510. The van der Waals surface area contributed by atoms with Gasteiger partial charge in [0.15, 0.2) is 0 Å². The number of rotatable bonds is 6. The van der Waals surface area contributed by atoms with E-state index in [1.54, 1.807) is 19.1 Å². The first-order valence-corrected chi connectivity index (χ1v) is 6.93. The second kappa shape index (κ2) is 6.41. The predicted molar refractivity (Wildman–Crippen MR) is 75.6 cm³/mol. The van der Waals surface area contributed by atoms with E-state index in [0.717, 1.165) is 18.4 Å². The minimum atomic E-state index is -0.233. The third-order valence-electron chi connectivity index (χ3n) is 3.28. The van der Waals surface area contributed by atoms with Gasteiger partial charge in [0.1, 0.15) is 5.75 Å². The highest BCUT2D eigenvalue weighted by Gasteiger charge is 2.22. The van der Waals surface area contributed by atoms with Crippen LogP contribution in [0, 0.1) is 6.92 Å². The first kappa shape index (κ1) is 14.4. The van der Waals surface area contributed by atoms with Crippen molar-refractivity contribution in [2.24, 2.45) is 0 Å². The molecule has 0 bridgehead atoms. The highest BCUT2D eigenvalue weighted by Crippen LogP contribution is 2.19. The number of nitrogens with one attached hydrogen (secondary N) is 2. The standard InChI is InChI=1S/C15H20N2O3/c1-10-4-5-11(9-13(10)18)15(20)16-8-2-3-14(19)17-12-6-7-12/h4-5,9,12,18H,2-3,6-8H2,1H3,(H,16,20)(H,17,19). The van der Waals surface area contributed by atoms with Gasteiger partial charge in [-0.05, 0) is 43.9 Å². The lowest BCUT2D eigenvalue weighted by atomic mass is 10.1. The van der Waals surface area contributed by atoms with Gasteiger partial charge in [-0.3, -0.25) is 9.59 Å². The van der Waals surface area contributed by atoms with Gasteiger partial charge in [0.25, 0.3) is 5.91 Å². The van der Waals surface area contributed by atoms with Crippen LogP contribution < -0.4 is 10.6 Å². The van der Waals surface area contributed by atoms with E-state index in [1.165, 1.54) is 6.07 Å². The fourth-order valence-electron chi connectivity index (χ4n) is 1.83. The fourth-order valence-corrected chi connectivity index (χ4v) is 1.83. The third-order valence-corrected chi connectivity index (χ3v) is 3.28. The SMILES string of the molecule is Cc1ccc(C(=O)NCCCC(=O)NC2CC2)cc1O. The molecular formula is C15H20N2O3. The lowest BCUT2D eigenvalue weighted by Gasteiger charge is -2.07. The van der Waals surface area contributed by atoms with Crippen molar-refractivity contribution < 1.29 is 14.7 Å². The average Bonchev–Trinajstić information content (AvgIpc) is 3.21. The van der Waals surface area contributed by atoms with E-state index in [-0.39, 0.29) is 17.6 Å². The molecule has 5 nitrogen and oxygen atoms in total. The number of hydrogen-bond acceptors (Lipinski definition) is 3. The van der Waals surface area contributed by atoms with E-state index in [1.807, 2.05) is 0 Å². The smallest absolute Gasteiger partial charge is 0.251 e. The van der Waals surface area contributed by atoms with Crippen LogP contribution in [-0.4, -0.2) is 29.5 Å². The minimum Gasteiger partial charge on any atom is -0.508 e. The van der Waals surface area contributed by atoms with Crippen LogP contribution in [0.3, 0.4) is 0 Å². The van der Waals surface area contributed by atoms with Gasteiger partial charge in [0, 0.05) is 24.6 Å². The quantitative estimate of drug-likeness (QED) is 0.689. The van der Waals surface area contributed by atoms with Gasteiger partial charge in [0.2, 0.25) is 5.91 Å². The number of phenols is 1. The van der Waals surface area contributed by atoms with Crippen molar-refractivity contribution in [1.82, 2.24) is 10.6 Å². The van der Waals surface area contributed by atoms with Gasteiger partial charge in [-0.2, -0.15) is 0 Å². The Morgan fingerprint density at radius 1 is 1.35 bits per heavy atom.